The molecule has 5 rings (SSSR count). The third kappa shape index (κ3) is 7.12. The number of hydrogen-bond donors (Lipinski definition) is 2. The highest BCUT2D eigenvalue weighted by molar-refractivity contribution is 6.31. The topological polar surface area (TPSA) is 88.6 Å². The highest BCUT2D eigenvalue weighted by Gasteiger charge is 2.21. The van der Waals surface area contributed by atoms with Crippen molar-refractivity contribution in [2.24, 2.45) is 0 Å². The second-order valence-corrected chi connectivity index (χ2v) is 9.93. The zero-order valence-corrected chi connectivity index (χ0v) is 22.7. The summed E-state index contributed by atoms with van der Waals surface area (Å²) in [5.41, 5.74) is 2.84. The van der Waals surface area contributed by atoms with Crippen LogP contribution in [0.25, 0.3) is 10.9 Å². The first-order valence-electron chi connectivity index (χ1n) is 12.9. The molecule has 1 aromatic heterocycles. The average Bonchev–Trinajstić information content (AvgIpc) is 3.45. The third-order valence-electron chi connectivity index (χ3n) is 6.34. The zero-order chi connectivity index (χ0) is 27.9. The van der Waals surface area contributed by atoms with Crippen molar-refractivity contribution < 1.29 is 18.7 Å². The number of nitrogens with one attached hydrogen (secondary N) is 2. The number of carbonyl (C=O) groups is 1. The largest absolute Gasteiger partial charge is 0.486 e. The van der Waals surface area contributed by atoms with Crippen LogP contribution in [0.4, 0.5) is 21.6 Å². The number of nitrogens with zero attached hydrogens (tertiary/aromatic N) is 3. The first-order valence-corrected chi connectivity index (χ1v) is 13.3. The van der Waals surface area contributed by atoms with E-state index in [1.54, 1.807) is 18.2 Å². The monoisotopic (exact) mass is 561 g/mol. The zero-order valence-electron chi connectivity index (χ0n) is 21.9. The molecule has 1 fully saturated rings. The van der Waals surface area contributed by atoms with Crippen LogP contribution in [0.2, 0.25) is 5.02 Å². The molecule has 2 N–H and O–H groups in total. The smallest absolute Gasteiger partial charge is 0.248 e. The van der Waals surface area contributed by atoms with Crippen molar-refractivity contribution in [2.45, 2.75) is 19.1 Å². The molecule has 3 aromatic carbocycles. The summed E-state index contributed by atoms with van der Waals surface area (Å²) < 4.78 is 25.3. The lowest BCUT2D eigenvalue weighted by atomic mass is 10.1. The number of likely N-dealkylation sites (N-methyl/N-ethyl adjacent to an activating group) is 1. The van der Waals surface area contributed by atoms with Crippen LogP contribution in [-0.4, -0.2) is 53.7 Å². The molecule has 0 radical (unpaired) electrons. The van der Waals surface area contributed by atoms with Gasteiger partial charge in [0.05, 0.1) is 29.4 Å². The van der Waals surface area contributed by atoms with Gasteiger partial charge in [-0.05, 0) is 36.9 Å². The predicted octanol–water partition coefficient (Wildman–Crippen LogP) is 5.96. The summed E-state index contributed by atoms with van der Waals surface area (Å²) in [6, 6.07) is 18.0. The van der Waals surface area contributed by atoms with Crippen LogP contribution in [0, 0.1) is 5.82 Å². The summed E-state index contributed by atoms with van der Waals surface area (Å²) in [7, 11) is 2.00. The molecule has 1 atom stereocenters. The molecular formula is C30H29ClFN5O3. The van der Waals surface area contributed by atoms with E-state index in [4.69, 9.17) is 21.1 Å². The van der Waals surface area contributed by atoms with Crippen LogP contribution in [0.5, 0.6) is 5.75 Å². The molecule has 40 heavy (non-hydrogen) atoms. The van der Waals surface area contributed by atoms with Gasteiger partial charge in [0.15, 0.2) is 0 Å². The van der Waals surface area contributed by atoms with E-state index in [-0.39, 0.29) is 17.0 Å². The fourth-order valence-corrected chi connectivity index (χ4v) is 4.53. The van der Waals surface area contributed by atoms with Crippen LogP contribution in [-0.2, 0) is 16.1 Å². The highest BCUT2D eigenvalue weighted by atomic mass is 35.5. The Balaban J connectivity index is 1.36. The van der Waals surface area contributed by atoms with E-state index in [0.717, 1.165) is 13.0 Å². The van der Waals surface area contributed by atoms with Gasteiger partial charge in [0.1, 0.15) is 29.8 Å². The van der Waals surface area contributed by atoms with E-state index in [2.05, 4.69) is 37.6 Å². The molecule has 8 nitrogen and oxygen atoms in total. The van der Waals surface area contributed by atoms with E-state index < -0.39 is 5.82 Å². The van der Waals surface area contributed by atoms with Crippen LogP contribution >= 0.6 is 11.6 Å². The predicted molar refractivity (Wildman–Crippen MR) is 155 cm³/mol. The van der Waals surface area contributed by atoms with E-state index in [9.17, 15) is 9.18 Å². The maximum atomic E-state index is 13.7. The van der Waals surface area contributed by atoms with Crippen LogP contribution < -0.4 is 15.4 Å². The van der Waals surface area contributed by atoms with Crippen molar-refractivity contribution in [3.8, 4) is 5.75 Å². The van der Waals surface area contributed by atoms with E-state index >= 15 is 0 Å². The Morgan fingerprint density at radius 2 is 2.05 bits per heavy atom. The van der Waals surface area contributed by atoms with Crippen molar-refractivity contribution in [3.63, 3.8) is 0 Å². The van der Waals surface area contributed by atoms with E-state index in [1.807, 2.05) is 31.3 Å². The van der Waals surface area contributed by atoms with Gasteiger partial charge in [-0.25, -0.2) is 14.4 Å². The number of carbonyl (C=O) groups excluding carboxylic acids is 1. The van der Waals surface area contributed by atoms with Crippen LogP contribution in [0.1, 0.15) is 12.0 Å². The minimum absolute atomic E-state index is 0.00742. The first-order chi connectivity index (χ1) is 19.4. The van der Waals surface area contributed by atoms with Crippen molar-refractivity contribution >= 4 is 45.6 Å². The Kier molecular flexibility index (Phi) is 8.85. The Morgan fingerprint density at radius 1 is 1.20 bits per heavy atom. The second kappa shape index (κ2) is 12.9. The second-order valence-electron chi connectivity index (χ2n) is 9.52. The van der Waals surface area contributed by atoms with Crippen molar-refractivity contribution in [2.75, 3.05) is 37.4 Å². The molecule has 1 amide bonds. The van der Waals surface area contributed by atoms with Crippen LogP contribution in [0.15, 0.2) is 79.1 Å². The summed E-state index contributed by atoms with van der Waals surface area (Å²) in [6.45, 7) is 2.47. The number of fused-ring (bicyclic) bond motifs is 1. The van der Waals surface area contributed by atoms with Gasteiger partial charge < -0.3 is 20.1 Å². The number of benzene rings is 3. The lowest BCUT2D eigenvalue weighted by Crippen LogP contribution is -2.19. The SMILES string of the molecule is CN(CC=CC(=O)Nc1cc2c(Nc3ccc(F)c(Cl)c3)ncnc2cc1OC1CCOC1)Cc1ccccc1. The average molecular weight is 562 g/mol. The standard InChI is InChI=1S/C30H29ClFN5O3/c1-37(17-20-6-3-2-4-7-20)12-5-8-29(38)36-27-15-23-26(16-28(27)40-22-11-13-39-18-22)33-19-34-30(23)35-21-9-10-25(32)24(31)14-21/h2-10,14-16,19,22H,11-13,17-18H2,1H3,(H,36,38)(H,33,34,35). The molecule has 1 aliphatic rings. The first kappa shape index (κ1) is 27.5. The summed E-state index contributed by atoms with van der Waals surface area (Å²) in [5, 5.41) is 6.73. The number of rotatable bonds is 10. The fraction of sp³-hybridized carbons (Fsp3) is 0.233. The van der Waals surface area contributed by atoms with Crippen molar-refractivity contribution in [1.29, 1.82) is 0 Å². The Bertz CT molecular complexity index is 1510. The Morgan fingerprint density at radius 3 is 2.83 bits per heavy atom. The fourth-order valence-electron chi connectivity index (χ4n) is 4.35. The van der Waals surface area contributed by atoms with Gasteiger partial charge in [0.2, 0.25) is 5.91 Å². The van der Waals surface area contributed by atoms with Crippen molar-refractivity contribution in [1.82, 2.24) is 14.9 Å². The number of aromatic nitrogens is 2. The van der Waals surface area contributed by atoms with E-state index in [0.29, 0.717) is 53.6 Å². The summed E-state index contributed by atoms with van der Waals surface area (Å²) >= 11 is 5.95. The number of anilines is 3. The number of halogens is 2. The molecule has 0 aliphatic carbocycles. The van der Waals surface area contributed by atoms with Gasteiger partial charge in [0, 0.05) is 42.7 Å². The molecular weight excluding hydrogens is 533 g/mol. The summed E-state index contributed by atoms with van der Waals surface area (Å²) in [4.78, 5) is 23.8. The molecule has 1 saturated heterocycles. The highest BCUT2D eigenvalue weighted by Crippen LogP contribution is 2.35. The van der Waals surface area contributed by atoms with E-state index in [1.165, 1.54) is 30.1 Å². The quantitative estimate of drug-likeness (QED) is 0.231. The number of ether oxygens (including phenoxy) is 2. The molecule has 4 aromatic rings. The minimum atomic E-state index is -0.512. The Labute approximate surface area is 236 Å². The van der Waals surface area contributed by atoms with Gasteiger partial charge in [-0.3, -0.25) is 9.69 Å². The maximum absolute atomic E-state index is 13.7. The molecule has 1 unspecified atom stereocenters. The molecule has 0 bridgehead atoms. The maximum Gasteiger partial charge on any atom is 0.248 e. The molecule has 10 heteroatoms. The lowest BCUT2D eigenvalue weighted by Gasteiger charge is -2.18. The third-order valence-corrected chi connectivity index (χ3v) is 6.63. The van der Waals surface area contributed by atoms with Gasteiger partial charge in [-0.1, -0.05) is 48.0 Å². The van der Waals surface area contributed by atoms with Gasteiger partial charge in [0.25, 0.3) is 0 Å². The molecule has 0 spiro atoms. The lowest BCUT2D eigenvalue weighted by molar-refractivity contribution is -0.111. The number of amides is 1. The molecule has 0 saturated carbocycles. The van der Waals surface area contributed by atoms with Crippen molar-refractivity contribution in [3.05, 3.63) is 95.5 Å². The molecule has 2 heterocycles. The number of hydrogen-bond acceptors (Lipinski definition) is 7. The summed E-state index contributed by atoms with van der Waals surface area (Å²) in [6.07, 6.45) is 5.37. The minimum Gasteiger partial charge on any atom is -0.486 e. The van der Waals surface area contributed by atoms with Gasteiger partial charge >= 0.3 is 0 Å². The Hall–Kier alpha value is -4.05. The van der Waals surface area contributed by atoms with Gasteiger partial charge in [-0.2, -0.15) is 0 Å². The summed E-state index contributed by atoms with van der Waals surface area (Å²) in [5.74, 6) is 0.149. The normalized spacial score (nSPS) is 15.2. The molecule has 206 valence electrons. The molecule has 1 aliphatic heterocycles. The van der Waals surface area contributed by atoms with Gasteiger partial charge in [-0.15, -0.1) is 0 Å². The van der Waals surface area contributed by atoms with Crippen LogP contribution in [0.3, 0.4) is 0 Å².